The number of amides is 3. The normalized spacial score (nSPS) is 10.4. The van der Waals surface area contributed by atoms with Crippen LogP contribution in [0.4, 0.5) is 10.1 Å². The molecule has 0 unspecified atom stereocenters. The molecule has 0 atom stereocenters. The topological polar surface area (TPSA) is 105 Å². The van der Waals surface area contributed by atoms with Gasteiger partial charge in [-0.2, -0.15) is 0 Å². The maximum absolute atomic E-state index is 13.6. The van der Waals surface area contributed by atoms with Crippen LogP contribution >= 0.6 is 0 Å². The zero-order valence-electron chi connectivity index (χ0n) is 17.6. The van der Waals surface area contributed by atoms with Crippen molar-refractivity contribution < 1.29 is 18.8 Å². The molecule has 3 aromatic rings. The van der Waals surface area contributed by atoms with Gasteiger partial charge in [0.25, 0.3) is 11.8 Å². The van der Waals surface area contributed by atoms with Crippen molar-refractivity contribution in [3.63, 3.8) is 0 Å². The maximum atomic E-state index is 13.6. The zero-order valence-corrected chi connectivity index (χ0v) is 17.6. The van der Waals surface area contributed by atoms with E-state index >= 15 is 0 Å². The lowest BCUT2D eigenvalue weighted by Crippen LogP contribution is -2.34. The Hall–Kier alpha value is -4.01. The summed E-state index contributed by atoms with van der Waals surface area (Å²) in [5.74, 6) is -1.38. The monoisotopic (exact) mass is 437 g/mol. The second-order valence-corrected chi connectivity index (χ2v) is 7.16. The quantitative estimate of drug-likeness (QED) is 0.448. The first-order valence-corrected chi connectivity index (χ1v) is 10.1. The number of anilines is 1. The maximum Gasteiger partial charge on any atom is 0.251 e. The van der Waals surface area contributed by atoms with E-state index in [0.29, 0.717) is 23.4 Å². The Balaban J connectivity index is 1.43. The second-order valence-electron chi connectivity index (χ2n) is 7.16. The molecule has 9 heteroatoms. The van der Waals surface area contributed by atoms with Gasteiger partial charge in [0.1, 0.15) is 5.82 Å². The molecule has 0 aliphatic rings. The highest BCUT2D eigenvalue weighted by Gasteiger charge is 2.10. The molecule has 3 rings (SSSR count). The SMILES string of the molecule is Cc1ccc(C(=O)NCCNC(=O)c2cccc(NC(=O)CCn3ccnc3)c2)cc1F. The third kappa shape index (κ3) is 6.49. The van der Waals surface area contributed by atoms with Crippen molar-refractivity contribution in [2.45, 2.75) is 19.9 Å². The summed E-state index contributed by atoms with van der Waals surface area (Å²) in [5, 5.41) is 8.10. The van der Waals surface area contributed by atoms with E-state index in [0.717, 1.165) is 0 Å². The van der Waals surface area contributed by atoms with Crippen LogP contribution in [0.25, 0.3) is 0 Å². The fourth-order valence-corrected chi connectivity index (χ4v) is 2.90. The number of rotatable bonds is 9. The molecular formula is C23H24FN5O3. The Morgan fingerprint density at radius 1 is 1.00 bits per heavy atom. The van der Waals surface area contributed by atoms with E-state index in [4.69, 9.17) is 0 Å². The molecule has 166 valence electrons. The smallest absolute Gasteiger partial charge is 0.251 e. The molecule has 0 aliphatic carbocycles. The van der Waals surface area contributed by atoms with Gasteiger partial charge in [0.2, 0.25) is 5.91 Å². The lowest BCUT2D eigenvalue weighted by Gasteiger charge is -2.10. The van der Waals surface area contributed by atoms with Gasteiger partial charge in [-0.3, -0.25) is 14.4 Å². The predicted octanol–water partition coefficient (Wildman–Crippen LogP) is 2.52. The first-order valence-electron chi connectivity index (χ1n) is 10.1. The van der Waals surface area contributed by atoms with Gasteiger partial charge in [-0.1, -0.05) is 12.1 Å². The molecule has 1 aromatic heterocycles. The summed E-state index contributed by atoms with van der Waals surface area (Å²) < 4.78 is 15.4. The number of hydrogen-bond acceptors (Lipinski definition) is 4. The molecular weight excluding hydrogens is 413 g/mol. The van der Waals surface area contributed by atoms with E-state index in [-0.39, 0.29) is 36.9 Å². The molecule has 0 saturated heterocycles. The molecule has 0 spiro atoms. The summed E-state index contributed by atoms with van der Waals surface area (Å²) in [4.78, 5) is 40.5. The van der Waals surface area contributed by atoms with Crippen LogP contribution in [-0.4, -0.2) is 40.4 Å². The van der Waals surface area contributed by atoms with E-state index in [1.807, 2.05) is 0 Å². The minimum absolute atomic E-state index is 0.175. The van der Waals surface area contributed by atoms with E-state index in [2.05, 4.69) is 20.9 Å². The van der Waals surface area contributed by atoms with Crippen LogP contribution in [0.3, 0.4) is 0 Å². The van der Waals surface area contributed by atoms with Gasteiger partial charge in [-0.25, -0.2) is 9.37 Å². The number of carbonyl (C=O) groups is 3. The lowest BCUT2D eigenvalue weighted by atomic mass is 10.1. The van der Waals surface area contributed by atoms with Crippen LogP contribution in [0.15, 0.2) is 61.2 Å². The van der Waals surface area contributed by atoms with Gasteiger partial charge in [-0.05, 0) is 42.8 Å². The Bertz CT molecular complexity index is 1100. The fraction of sp³-hybridized carbons (Fsp3) is 0.217. The molecule has 3 amide bonds. The fourth-order valence-electron chi connectivity index (χ4n) is 2.90. The van der Waals surface area contributed by atoms with Crippen molar-refractivity contribution in [3.8, 4) is 0 Å². The van der Waals surface area contributed by atoms with Crippen molar-refractivity contribution in [3.05, 3.63) is 83.7 Å². The van der Waals surface area contributed by atoms with Crippen LogP contribution in [0.5, 0.6) is 0 Å². The van der Waals surface area contributed by atoms with Crippen molar-refractivity contribution in [1.29, 1.82) is 0 Å². The highest BCUT2D eigenvalue weighted by atomic mass is 19.1. The molecule has 0 radical (unpaired) electrons. The Morgan fingerprint density at radius 3 is 2.38 bits per heavy atom. The Morgan fingerprint density at radius 2 is 1.72 bits per heavy atom. The van der Waals surface area contributed by atoms with Gasteiger partial charge in [0.05, 0.1) is 6.33 Å². The summed E-state index contributed by atoms with van der Waals surface area (Å²) in [6.07, 6.45) is 5.34. The number of imidazole rings is 1. The van der Waals surface area contributed by atoms with Gasteiger partial charge < -0.3 is 20.5 Å². The molecule has 2 aromatic carbocycles. The highest BCUT2D eigenvalue weighted by molar-refractivity contribution is 5.97. The number of halogens is 1. The second kappa shape index (κ2) is 10.9. The standard InChI is InChI=1S/C23H24FN5O3/c1-16-5-6-18(14-20(16)24)23(32)27-9-8-26-22(31)17-3-2-4-19(13-17)28-21(30)7-11-29-12-10-25-15-29/h2-6,10,12-15H,7-9,11H2,1H3,(H,26,31)(H,27,32)(H,28,30). The van der Waals surface area contributed by atoms with Crippen molar-refractivity contribution in [2.24, 2.45) is 0 Å². The van der Waals surface area contributed by atoms with E-state index in [9.17, 15) is 18.8 Å². The minimum atomic E-state index is -0.445. The number of benzene rings is 2. The summed E-state index contributed by atoms with van der Waals surface area (Å²) in [6, 6.07) is 10.8. The molecule has 0 saturated carbocycles. The van der Waals surface area contributed by atoms with Crippen LogP contribution in [0.2, 0.25) is 0 Å². The zero-order chi connectivity index (χ0) is 22.9. The van der Waals surface area contributed by atoms with Crippen LogP contribution in [0, 0.1) is 12.7 Å². The first kappa shape index (κ1) is 22.7. The van der Waals surface area contributed by atoms with Gasteiger partial charge >= 0.3 is 0 Å². The summed E-state index contributed by atoms with van der Waals surface area (Å²) in [6.45, 7) is 2.51. The molecule has 1 heterocycles. The van der Waals surface area contributed by atoms with E-state index in [1.165, 1.54) is 12.1 Å². The van der Waals surface area contributed by atoms with E-state index in [1.54, 1.807) is 60.5 Å². The first-order chi connectivity index (χ1) is 15.4. The summed E-state index contributed by atoms with van der Waals surface area (Å²) in [5.41, 5.74) is 1.58. The van der Waals surface area contributed by atoms with Gasteiger partial charge in [0, 0.05) is 55.3 Å². The number of nitrogens with zero attached hydrogens (tertiary/aromatic N) is 2. The van der Waals surface area contributed by atoms with E-state index < -0.39 is 11.7 Å². The average Bonchev–Trinajstić information content (AvgIpc) is 3.31. The Labute approximate surface area is 184 Å². The minimum Gasteiger partial charge on any atom is -0.350 e. The number of hydrogen-bond donors (Lipinski definition) is 3. The van der Waals surface area contributed by atoms with Gasteiger partial charge in [-0.15, -0.1) is 0 Å². The molecule has 8 nitrogen and oxygen atoms in total. The third-order valence-corrected chi connectivity index (χ3v) is 4.69. The average molecular weight is 437 g/mol. The largest absolute Gasteiger partial charge is 0.350 e. The number of aromatic nitrogens is 2. The summed E-state index contributed by atoms with van der Waals surface area (Å²) >= 11 is 0. The molecule has 0 aliphatic heterocycles. The van der Waals surface area contributed by atoms with Crippen molar-refractivity contribution in [1.82, 2.24) is 20.2 Å². The molecule has 0 fully saturated rings. The molecule has 3 N–H and O–H groups in total. The summed E-state index contributed by atoms with van der Waals surface area (Å²) in [7, 11) is 0. The van der Waals surface area contributed by atoms with Crippen LogP contribution in [-0.2, 0) is 11.3 Å². The van der Waals surface area contributed by atoms with Crippen LogP contribution in [0.1, 0.15) is 32.7 Å². The van der Waals surface area contributed by atoms with Gasteiger partial charge in [0.15, 0.2) is 0 Å². The molecule has 0 bridgehead atoms. The Kier molecular flexibility index (Phi) is 7.69. The van der Waals surface area contributed by atoms with Crippen LogP contribution < -0.4 is 16.0 Å². The third-order valence-electron chi connectivity index (χ3n) is 4.69. The van der Waals surface area contributed by atoms with Crippen molar-refractivity contribution in [2.75, 3.05) is 18.4 Å². The van der Waals surface area contributed by atoms with Crippen molar-refractivity contribution >= 4 is 23.4 Å². The predicted molar refractivity (Wildman–Crippen MR) is 118 cm³/mol. The molecule has 32 heavy (non-hydrogen) atoms. The highest BCUT2D eigenvalue weighted by Crippen LogP contribution is 2.11. The number of carbonyl (C=O) groups excluding carboxylic acids is 3. The number of aryl methyl sites for hydroxylation is 2. The number of nitrogens with one attached hydrogen (secondary N) is 3. The lowest BCUT2D eigenvalue weighted by molar-refractivity contribution is -0.116.